The second-order valence-electron chi connectivity index (χ2n) is 11.4. The molecular weight excluding hydrogens is 624 g/mol. The predicted molar refractivity (Wildman–Crippen MR) is 187 cm³/mol. The van der Waals surface area contributed by atoms with E-state index >= 15 is 0 Å². The largest absolute Gasteiger partial charge is 0.494 e. The van der Waals surface area contributed by atoms with Crippen LogP contribution in [-0.4, -0.2) is 43.5 Å². The van der Waals surface area contributed by atoms with E-state index in [1.165, 1.54) is 6.08 Å². The van der Waals surface area contributed by atoms with Crippen molar-refractivity contribution < 1.29 is 42.9 Å². The number of hydrogen-bond acceptors (Lipinski definition) is 9. The Kier molecular flexibility index (Phi) is 16.9. The number of ether oxygens (including phenoxy) is 5. The Morgan fingerprint density at radius 2 is 1.06 bits per heavy atom. The minimum atomic E-state index is -0.521. The third-order valence-electron chi connectivity index (χ3n) is 7.52. The van der Waals surface area contributed by atoms with Gasteiger partial charge in [0, 0.05) is 12.5 Å². The summed E-state index contributed by atoms with van der Waals surface area (Å²) >= 11 is 0. The molecule has 0 amide bonds. The number of ketones is 1. The predicted octanol–water partition coefficient (Wildman–Crippen LogP) is 8.58. The molecule has 0 aliphatic rings. The van der Waals surface area contributed by atoms with Crippen LogP contribution in [0.25, 0.3) is 0 Å². The van der Waals surface area contributed by atoms with Crippen molar-refractivity contribution >= 4 is 23.7 Å². The molecule has 0 saturated heterocycles. The molecule has 9 heteroatoms. The molecular formula is C40H46O9. The molecule has 0 fully saturated rings. The number of hydrogen-bond donors (Lipinski definition) is 0. The van der Waals surface area contributed by atoms with Gasteiger partial charge in [-0.15, -0.1) is 0 Å². The van der Waals surface area contributed by atoms with Crippen LogP contribution in [0.3, 0.4) is 0 Å². The fourth-order valence-corrected chi connectivity index (χ4v) is 4.70. The van der Waals surface area contributed by atoms with E-state index in [2.05, 4.69) is 13.2 Å². The lowest BCUT2D eigenvalue weighted by Gasteiger charge is -2.11. The van der Waals surface area contributed by atoms with Gasteiger partial charge < -0.3 is 23.7 Å². The van der Waals surface area contributed by atoms with Crippen molar-refractivity contribution in [2.24, 2.45) is 0 Å². The van der Waals surface area contributed by atoms with Gasteiger partial charge in [0.25, 0.3) is 0 Å². The van der Waals surface area contributed by atoms with Crippen LogP contribution >= 0.6 is 0 Å². The molecule has 0 heterocycles. The minimum Gasteiger partial charge on any atom is -0.494 e. The van der Waals surface area contributed by atoms with Crippen molar-refractivity contribution in [1.82, 2.24) is 0 Å². The first kappa shape index (κ1) is 38.3. The fourth-order valence-electron chi connectivity index (χ4n) is 4.70. The van der Waals surface area contributed by atoms with E-state index in [0.29, 0.717) is 65.9 Å². The summed E-state index contributed by atoms with van der Waals surface area (Å²) < 4.78 is 27.6. The van der Waals surface area contributed by atoms with Crippen LogP contribution in [0.1, 0.15) is 90.5 Å². The summed E-state index contributed by atoms with van der Waals surface area (Å²) in [5, 5.41) is 0. The number of unbranched alkanes of at least 4 members (excludes halogenated alkanes) is 7. The number of rotatable bonds is 23. The Balaban J connectivity index is 1.35. The minimum absolute atomic E-state index is 0.0940. The highest BCUT2D eigenvalue weighted by Crippen LogP contribution is 2.26. The van der Waals surface area contributed by atoms with E-state index in [4.69, 9.17) is 23.7 Å². The normalized spacial score (nSPS) is 10.5. The van der Waals surface area contributed by atoms with E-state index in [1.807, 2.05) is 0 Å². The second kappa shape index (κ2) is 21.6. The van der Waals surface area contributed by atoms with Gasteiger partial charge in [-0.3, -0.25) is 4.79 Å². The van der Waals surface area contributed by atoms with Crippen molar-refractivity contribution in [3.05, 3.63) is 109 Å². The van der Waals surface area contributed by atoms with Gasteiger partial charge in [0.2, 0.25) is 0 Å². The van der Waals surface area contributed by atoms with Gasteiger partial charge in [-0.1, -0.05) is 32.4 Å². The Morgan fingerprint density at radius 1 is 0.571 bits per heavy atom. The fraction of sp³-hybridized carbons (Fsp3) is 0.350. The van der Waals surface area contributed by atoms with Crippen molar-refractivity contribution in [3.63, 3.8) is 0 Å². The van der Waals surface area contributed by atoms with Crippen LogP contribution in [0.2, 0.25) is 0 Å². The van der Waals surface area contributed by atoms with Crippen molar-refractivity contribution in [2.75, 3.05) is 19.8 Å². The topological polar surface area (TPSA) is 114 Å². The highest BCUT2D eigenvalue weighted by molar-refractivity contribution is 5.92. The molecule has 0 saturated carbocycles. The average molecular weight is 671 g/mol. The summed E-state index contributed by atoms with van der Waals surface area (Å²) in [4.78, 5) is 47.7. The zero-order chi connectivity index (χ0) is 35.3. The van der Waals surface area contributed by atoms with Crippen LogP contribution in [0.5, 0.6) is 23.0 Å². The Hall–Kier alpha value is -5.18. The van der Waals surface area contributed by atoms with Gasteiger partial charge >= 0.3 is 17.9 Å². The van der Waals surface area contributed by atoms with Gasteiger partial charge in [-0.25, -0.2) is 14.4 Å². The number of carbonyl (C=O) groups excluding carboxylic acids is 4. The number of allylic oxidation sites excluding steroid dienone is 1. The molecule has 0 N–H and O–H groups in total. The zero-order valence-electron chi connectivity index (χ0n) is 28.3. The van der Waals surface area contributed by atoms with Crippen molar-refractivity contribution in [3.8, 4) is 23.0 Å². The first-order chi connectivity index (χ1) is 23.8. The number of benzene rings is 3. The smallest absolute Gasteiger partial charge is 0.343 e. The summed E-state index contributed by atoms with van der Waals surface area (Å²) in [6, 6.07) is 18.3. The van der Waals surface area contributed by atoms with E-state index < -0.39 is 17.9 Å². The summed E-state index contributed by atoms with van der Waals surface area (Å²) in [5.74, 6) is 0.665. The van der Waals surface area contributed by atoms with Crippen LogP contribution in [0.15, 0.2) is 92.0 Å². The van der Waals surface area contributed by atoms with Gasteiger partial charge in [0.05, 0.1) is 30.9 Å². The molecule has 0 radical (unpaired) electrons. The third kappa shape index (κ3) is 14.6. The number of aryl methyl sites for hydroxylation is 1. The Labute approximate surface area is 288 Å². The molecule has 3 aromatic carbocycles. The monoisotopic (exact) mass is 670 g/mol. The quantitative estimate of drug-likeness (QED) is 0.0423. The number of carbonyl (C=O) groups is 4. The Bertz CT molecular complexity index is 1520. The van der Waals surface area contributed by atoms with Gasteiger partial charge in [0.15, 0.2) is 5.78 Å². The molecule has 260 valence electrons. The number of esters is 3. The molecule has 0 spiro atoms. The molecule has 49 heavy (non-hydrogen) atoms. The second-order valence-corrected chi connectivity index (χ2v) is 11.4. The average Bonchev–Trinajstić information content (AvgIpc) is 3.11. The van der Waals surface area contributed by atoms with Crippen LogP contribution in [0, 0.1) is 6.92 Å². The van der Waals surface area contributed by atoms with E-state index in [-0.39, 0.29) is 5.78 Å². The lowest BCUT2D eigenvalue weighted by Crippen LogP contribution is -2.10. The molecule has 0 aliphatic carbocycles. The maximum Gasteiger partial charge on any atom is 0.343 e. The van der Waals surface area contributed by atoms with Crippen LogP contribution in [0.4, 0.5) is 0 Å². The molecule has 0 unspecified atom stereocenters. The molecule has 9 nitrogen and oxygen atoms in total. The van der Waals surface area contributed by atoms with Crippen molar-refractivity contribution in [1.29, 1.82) is 0 Å². The molecule has 0 aliphatic heterocycles. The van der Waals surface area contributed by atoms with Gasteiger partial charge in [0.1, 0.15) is 23.0 Å². The Morgan fingerprint density at radius 3 is 1.59 bits per heavy atom. The highest BCUT2D eigenvalue weighted by atomic mass is 16.5. The van der Waals surface area contributed by atoms with Crippen LogP contribution in [-0.2, 0) is 14.3 Å². The first-order valence-electron chi connectivity index (χ1n) is 16.7. The molecule has 3 aromatic rings. The molecule has 0 bridgehead atoms. The summed E-state index contributed by atoms with van der Waals surface area (Å²) in [6.45, 7) is 10.1. The summed E-state index contributed by atoms with van der Waals surface area (Å²) in [7, 11) is 0. The van der Waals surface area contributed by atoms with Crippen molar-refractivity contribution in [2.45, 2.75) is 71.1 Å². The zero-order valence-corrected chi connectivity index (χ0v) is 28.3. The molecule has 0 aromatic heterocycles. The maximum absolute atomic E-state index is 12.8. The maximum atomic E-state index is 12.8. The summed E-state index contributed by atoms with van der Waals surface area (Å²) in [5.41, 5.74) is 1.38. The van der Waals surface area contributed by atoms with Gasteiger partial charge in [-0.05, 0) is 124 Å². The summed E-state index contributed by atoms with van der Waals surface area (Å²) in [6.07, 6.45) is 11.5. The highest BCUT2D eigenvalue weighted by Gasteiger charge is 2.14. The van der Waals surface area contributed by atoms with Crippen LogP contribution < -0.4 is 18.9 Å². The molecule has 3 rings (SSSR count). The SMILES string of the molecule is C=CC(=O)CCCCCCCOc1ccc(C(=O)Oc2ccc(OC(=O)c3ccc(OCCCCCCOC(=O)C=C)cc3)cc2C)cc1. The first-order valence-corrected chi connectivity index (χ1v) is 16.7. The van der Waals surface area contributed by atoms with E-state index in [1.54, 1.807) is 73.7 Å². The lowest BCUT2D eigenvalue weighted by atomic mass is 10.1. The van der Waals surface area contributed by atoms with E-state index in [9.17, 15) is 19.2 Å². The molecule has 0 atom stereocenters. The standard InChI is InChI=1S/C40H46O9/c1-4-33(41)15-11-7-6-8-12-26-45-35-22-18-32(19-23-35)40(44)49-37-25-24-36(29-30(37)3)48-39(43)31-16-20-34(21-17-31)46-27-13-9-10-14-28-47-38(42)5-2/h4-5,16-25,29H,1-2,6-15,26-28H2,3H3. The van der Waals surface area contributed by atoms with Gasteiger partial charge in [-0.2, -0.15) is 0 Å². The third-order valence-corrected chi connectivity index (χ3v) is 7.52. The lowest BCUT2D eigenvalue weighted by molar-refractivity contribution is -0.137. The van der Waals surface area contributed by atoms with E-state index in [0.717, 1.165) is 63.9 Å².